The molecule has 1 aromatic carbocycles. The van der Waals surface area contributed by atoms with Gasteiger partial charge in [-0.3, -0.25) is 0 Å². The van der Waals surface area contributed by atoms with Gasteiger partial charge in [0.1, 0.15) is 6.07 Å². The zero-order chi connectivity index (χ0) is 11.3. The van der Waals surface area contributed by atoms with E-state index in [4.69, 9.17) is 21.2 Å². The lowest BCUT2D eigenvalue weighted by atomic mass is 10.1. The molecule has 1 rings (SSSR count). The summed E-state index contributed by atoms with van der Waals surface area (Å²) in [6.07, 6.45) is -0.838. The topological polar surface area (TPSA) is 102 Å². The van der Waals surface area contributed by atoms with Gasteiger partial charge in [0, 0.05) is 6.54 Å². The maximum Gasteiger partial charge on any atom is 0.101 e. The van der Waals surface area contributed by atoms with Crippen molar-refractivity contribution in [1.82, 2.24) is 0 Å². The molecule has 0 aliphatic heterocycles. The number of nitrogen functional groups attached to an aromatic ring is 1. The molecule has 1 aromatic rings. The fourth-order valence-corrected chi connectivity index (χ4v) is 1.11. The number of nitriles is 1. The molecular weight excluding hydrogens is 194 g/mol. The van der Waals surface area contributed by atoms with E-state index in [2.05, 4.69) is 5.32 Å². The number of benzene rings is 1. The average molecular weight is 207 g/mol. The molecule has 0 saturated heterocycles. The van der Waals surface area contributed by atoms with Crippen LogP contribution in [0.2, 0.25) is 0 Å². The molecule has 0 radical (unpaired) electrons. The van der Waals surface area contributed by atoms with Crippen LogP contribution in [0.1, 0.15) is 5.56 Å². The van der Waals surface area contributed by atoms with Crippen molar-refractivity contribution in [2.75, 3.05) is 24.2 Å². The zero-order valence-electron chi connectivity index (χ0n) is 8.14. The summed E-state index contributed by atoms with van der Waals surface area (Å²) in [5.41, 5.74) is 7.02. The Morgan fingerprint density at radius 3 is 2.87 bits per heavy atom. The van der Waals surface area contributed by atoms with Crippen molar-refractivity contribution in [3.8, 4) is 6.07 Å². The van der Waals surface area contributed by atoms with Crippen LogP contribution in [0.25, 0.3) is 0 Å². The third-order valence-electron chi connectivity index (χ3n) is 1.97. The van der Waals surface area contributed by atoms with Crippen molar-refractivity contribution >= 4 is 11.4 Å². The number of aliphatic hydroxyl groups is 2. The Morgan fingerprint density at radius 2 is 2.27 bits per heavy atom. The SMILES string of the molecule is N#Cc1cccc(NCC(O)CO)c1N. The number of aliphatic hydroxyl groups excluding tert-OH is 2. The summed E-state index contributed by atoms with van der Waals surface area (Å²) in [4.78, 5) is 0. The summed E-state index contributed by atoms with van der Waals surface area (Å²) in [6, 6.07) is 6.98. The second kappa shape index (κ2) is 5.20. The minimum absolute atomic E-state index is 0.190. The van der Waals surface area contributed by atoms with Gasteiger partial charge in [0.15, 0.2) is 0 Å². The maximum absolute atomic E-state index is 9.12. The van der Waals surface area contributed by atoms with E-state index in [0.29, 0.717) is 16.9 Å². The van der Waals surface area contributed by atoms with Gasteiger partial charge in [0.05, 0.1) is 29.6 Å². The largest absolute Gasteiger partial charge is 0.396 e. The predicted molar refractivity (Wildman–Crippen MR) is 57.2 cm³/mol. The molecule has 0 amide bonds. The first-order chi connectivity index (χ1) is 7.19. The second-order valence-corrected chi connectivity index (χ2v) is 3.10. The van der Waals surface area contributed by atoms with Crippen molar-refractivity contribution in [2.45, 2.75) is 6.10 Å². The Kier molecular flexibility index (Phi) is 3.92. The number of hydrogen-bond donors (Lipinski definition) is 4. The van der Waals surface area contributed by atoms with Crippen LogP contribution in [0, 0.1) is 11.3 Å². The summed E-state index contributed by atoms with van der Waals surface area (Å²) >= 11 is 0. The van der Waals surface area contributed by atoms with Gasteiger partial charge >= 0.3 is 0 Å². The first kappa shape index (κ1) is 11.3. The first-order valence-corrected chi connectivity index (χ1v) is 4.50. The molecule has 5 nitrogen and oxygen atoms in total. The third kappa shape index (κ3) is 2.84. The molecule has 0 bridgehead atoms. The van der Waals surface area contributed by atoms with E-state index in [1.54, 1.807) is 18.2 Å². The Balaban J connectivity index is 2.74. The van der Waals surface area contributed by atoms with Crippen molar-refractivity contribution in [3.63, 3.8) is 0 Å². The van der Waals surface area contributed by atoms with Crippen LogP contribution in [-0.4, -0.2) is 29.5 Å². The quantitative estimate of drug-likeness (QED) is 0.516. The van der Waals surface area contributed by atoms with Crippen molar-refractivity contribution < 1.29 is 10.2 Å². The highest BCUT2D eigenvalue weighted by atomic mass is 16.3. The fourth-order valence-electron chi connectivity index (χ4n) is 1.11. The summed E-state index contributed by atoms with van der Waals surface area (Å²) in [7, 11) is 0. The third-order valence-corrected chi connectivity index (χ3v) is 1.97. The molecule has 0 aliphatic rings. The molecule has 0 heterocycles. The molecule has 1 unspecified atom stereocenters. The second-order valence-electron chi connectivity index (χ2n) is 3.10. The molecular formula is C10H13N3O2. The highest BCUT2D eigenvalue weighted by Gasteiger charge is 2.06. The number of rotatable bonds is 4. The van der Waals surface area contributed by atoms with Gasteiger partial charge in [0.2, 0.25) is 0 Å². The van der Waals surface area contributed by atoms with Crippen LogP contribution in [0.3, 0.4) is 0 Å². The van der Waals surface area contributed by atoms with Crippen LogP contribution in [-0.2, 0) is 0 Å². The van der Waals surface area contributed by atoms with Crippen LogP contribution >= 0.6 is 0 Å². The molecule has 5 heteroatoms. The first-order valence-electron chi connectivity index (χ1n) is 4.50. The summed E-state index contributed by atoms with van der Waals surface area (Å²) in [5.74, 6) is 0. The van der Waals surface area contributed by atoms with E-state index in [1.165, 1.54) is 0 Å². The van der Waals surface area contributed by atoms with Crippen LogP contribution in [0.4, 0.5) is 11.4 Å². The summed E-state index contributed by atoms with van der Waals surface area (Å²) in [6.45, 7) is -0.125. The van der Waals surface area contributed by atoms with Gasteiger partial charge in [-0.1, -0.05) is 6.07 Å². The molecule has 1 atom stereocenters. The molecule has 0 aliphatic carbocycles. The van der Waals surface area contributed by atoms with Gasteiger partial charge in [-0.2, -0.15) is 5.26 Å². The number of hydrogen-bond acceptors (Lipinski definition) is 5. The molecule has 15 heavy (non-hydrogen) atoms. The molecule has 0 fully saturated rings. The van der Waals surface area contributed by atoms with Crippen molar-refractivity contribution in [3.05, 3.63) is 23.8 Å². The maximum atomic E-state index is 9.12. The highest BCUT2D eigenvalue weighted by Crippen LogP contribution is 2.21. The molecule has 5 N–H and O–H groups in total. The van der Waals surface area contributed by atoms with Gasteiger partial charge in [-0.05, 0) is 12.1 Å². The average Bonchev–Trinajstić information content (AvgIpc) is 2.27. The number of para-hydroxylation sites is 1. The molecule has 80 valence electrons. The standard InChI is InChI=1S/C10H13N3O2/c11-4-7-2-1-3-9(10(7)12)13-5-8(15)6-14/h1-3,8,13-15H,5-6,12H2. The lowest BCUT2D eigenvalue weighted by Gasteiger charge is -2.12. The van der Waals surface area contributed by atoms with Crippen LogP contribution in [0.15, 0.2) is 18.2 Å². The lowest BCUT2D eigenvalue weighted by molar-refractivity contribution is 0.105. The van der Waals surface area contributed by atoms with Crippen LogP contribution < -0.4 is 11.1 Å². The Labute approximate surface area is 87.8 Å². The highest BCUT2D eigenvalue weighted by molar-refractivity contribution is 5.72. The van der Waals surface area contributed by atoms with E-state index < -0.39 is 6.10 Å². The van der Waals surface area contributed by atoms with E-state index in [9.17, 15) is 0 Å². The van der Waals surface area contributed by atoms with Gasteiger partial charge in [-0.15, -0.1) is 0 Å². The zero-order valence-corrected chi connectivity index (χ0v) is 8.14. The number of nitrogens with two attached hydrogens (primary N) is 1. The van der Waals surface area contributed by atoms with E-state index in [0.717, 1.165) is 0 Å². The van der Waals surface area contributed by atoms with Gasteiger partial charge in [-0.25, -0.2) is 0 Å². The number of anilines is 2. The minimum atomic E-state index is -0.838. The number of nitrogens with one attached hydrogen (secondary N) is 1. The summed E-state index contributed by atoms with van der Waals surface area (Å²) in [5, 5.41) is 29.3. The predicted octanol–water partition coefficient (Wildman–Crippen LogP) is -0.0944. The van der Waals surface area contributed by atoms with Crippen molar-refractivity contribution in [2.24, 2.45) is 0 Å². The monoisotopic (exact) mass is 207 g/mol. The van der Waals surface area contributed by atoms with E-state index in [-0.39, 0.29) is 13.2 Å². The Morgan fingerprint density at radius 1 is 1.53 bits per heavy atom. The lowest BCUT2D eigenvalue weighted by Crippen LogP contribution is -2.23. The Hall–Kier alpha value is -1.77. The molecule has 0 aromatic heterocycles. The van der Waals surface area contributed by atoms with E-state index in [1.807, 2.05) is 6.07 Å². The molecule has 0 spiro atoms. The summed E-state index contributed by atoms with van der Waals surface area (Å²) < 4.78 is 0. The van der Waals surface area contributed by atoms with Crippen LogP contribution in [0.5, 0.6) is 0 Å². The normalized spacial score (nSPS) is 11.8. The smallest absolute Gasteiger partial charge is 0.101 e. The fraction of sp³-hybridized carbons (Fsp3) is 0.300. The van der Waals surface area contributed by atoms with Crippen molar-refractivity contribution in [1.29, 1.82) is 5.26 Å². The van der Waals surface area contributed by atoms with Gasteiger partial charge < -0.3 is 21.3 Å². The number of nitrogens with zero attached hydrogens (tertiary/aromatic N) is 1. The minimum Gasteiger partial charge on any atom is -0.396 e. The van der Waals surface area contributed by atoms with Gasteiger partial charge in [0.25, 0.3) is 0 Å². The molecule has 0 saturated carbocycles. The Bertz CT molecular complexity index is 373. The van der Waals surface area contributed by atoms with E-state index >= 15 is 0 Å².